The smallest absolute Gasteiger partial charge is 0.412 e. The minimum Gasteiger partial charge on any atom is -0.449 e. The Balaban J connectivity index is 1.34. The Labute approximate surface area is 277 Å². The first-order valence-corrected chi connectivity index (χ1v) is 16.8. The van der Waals surface area contributed by atoms with E-state index in [9.17, 15) is 28.1 Å². The summed E-state index contributed by atoms with van der Waals surface area (Å²) >= 11 is 6.07. The van der Waals surface area contributed by atoms with Crippen LogP contribution in [0.1, 0.15) is 34.3 Å². The molecule has 2 heterocycles. The van der Waals surface area contributed by atoms with E-state index < -0.39 is 67.6 Å². The number of halogens is 3. The monoisotopic (exact) mass is 706 g/mol. The molecule has 3 aromatic rings. The van der Waals surface area contributed by atoms with Crippen molar-refractivity contribution in [3.05, 3.63) is 94.0 Å². The number of ether oxygens (including phenoxy) is 2. The highest BCUT2D eigenvalue weighted by atomic mass is 35.5. The van der Waals surface area contributed by atoms with E-state index in [4.69, 9.17) is 30.9 Å². The highest BCUT2D eigenvalue weighted by Gasteiger charge is 2.49. The van der Waals surface area contributed by atoms with Crippen LogP contribution in [-0.4, -0.2) is 70.6 Å². The topological polar surface area (TPSA) is 184 Å². The Morgan fingerprint density at radius 1 is 1.12 bits per heavy atom. The first-order valence-electron chi connectivity index (χ1n) is 14.6. The number of benzene rings is 3. The summed E-state index contributed by atoms with van der Waals surface area (Å²) < 4.78 is 50.8. The van der Waals surface area contributed by atoms with Crippen molar-refractivity contribution in [3.63, 3.8) is 0 Å². The summed E-state index contributed by atoms with van der Waals surface area (Å²) in [6, 6.07) is 12.5. The molecular formula is C31H30ClF2N4O9P. The van der Waals surface area contributed by atoms with E-state index in [0.717, 1.165) is 0 Å². The van der Waals surface area contributed by atoms with Gasteiger partial charge in [0.1, 0.15) is 18.5 Å². The van der Waals surface area contributed by atoms with Gasteiger partial charge in [0.05, 0.1) is 29.0 Å². The lowest BCUT2D eigenvalue weighted by molar-refractivity contribution is -0.141. The summed E-state index contributed by atoms with van der Waals surface area (Å²) in [5.41, 5.74) is -0.651. The first kappa shape index (κ1) is 34.8. The average molecular weight is 707 g/mol. The Morgan fingerprint density at radius 3 is 2.58 bits per heavy atom. The average Bonchev–Trinajstić information content (AvgIpc) is 3.01. The van der Waals surface area contributed by atoms with Gasteiger partial charge < -0.3 is 29.5 Å². The zero-order valence-corrected chi connectivity index (χ0v) is 26.7. The van der Waals surface area contributed by atoms with Crippen molar-refractivity contribution in [1.82, 2.24) is 10.2 Å². The van der Waals surface area contributed by atoms with Crippen molar-refractivity contribution in [1.29, 1.82) is 0 Å². The lowest BCUT2D eigenvalue weighted by Crippen LogP contribution is -2.57. The summed E-state index contributed by atoms with van der Waals surface area (Å²) in [6.45, 7) is -0.545. The van der Waals surface area contributed by atoms with E-state index in [2.05, 4.69) is 16.0 Å². The molecule has 0 aromatic heterocycles. The predicted octanol–water partition coefficient (Wildman–Crippen LogP) is 4.77. The summed E-state index contributed by atoms with van der Waals surface area (Å²) in [4.78, 5) is 71.0. The fourth-order valence-electron chi connectivity index (χ4n) is 5.64. The van der Waals surface area contributed by atoms with E-state index in [1.54, 1.807) is 6.07 Å². The number of nitrogens with zero attached hydrogens (tertiary/aromatic N) is 1. The molecule has 3 aromatic carbocycles. The van der Waals surface area contributed by atoms with Crippen LogP contribution >= 0.6 is 19.2 Å². The Morgan fingerprint density at radius 2 is 1.88 bits per heavy atom. The number of nitrogens with one attached hydrogen (secondary N) is 3. The fourth-order valence-corrected chi connectivity index (χ4v) is 6.13. The number of anilines is 2. The van der Waals surface area contributed by atoms with Gasteiger partial charge in [-0.15, -0.1) is 0 Å². The van der Waals surface area contributed by atoms with E-state index in [1.165, 1.54) is 59.5 Å². The highest BCUT2D eigenvalue weighted by Crippen LogP contribution is 2.45. The molecule has 254 valence electrons. The number of hydrogen-bond acceptors (Lipinski definition) is 7. The maximum atomic E-state index is 15.4. The van der Waals surface area contributed by atoms with Gasteiger partial charge in [0, 0.05) is 24.2 Å². The van der Waals surface area contributed by atoms with Crippen LogP contribution < -0.4 is 16.0 Å². The molecule has 5 N–H and O–H groups in total. The van der Waals surface area contributed by atoms with Gasteiger partial charge in [-0.2, -0.15) is 0 Å². The molecule has 5 rings (SSSR count). The molecule has 0 unspecified atom stereocenters. The van der Waals surface area contributed by atoms with Crippen molar-refractivity contribution in [2.24, 2.45) is 0 Å². The predicted molar refractivity (Wildman–Crippen MR) is 169 cm³/mol. The molecule has 2 aliphatic heterocycles. The lowest BCUT2D eigenvalue weighted by Gasteiger charge is -2.45. The summed E-state index contributed by atoms with van der Waals surface area (Å²) in [7, 11) is -4.34. The summed E-state index contributed by atoms with van der Waals surface area (Å²) in [5.74, 6) is -2.60. The van der Waals surface area contributed by atoms with Gasteiger partial charge in [-0.1, -0.05) is 23.7 Å². The molecule has 1 saturated heterocycles. The zero-order chi connectivity index (χ0) is 34.6. The third-order valence-corrected chi connectivity index (χ3v) is 8.84. The molecule has 1 fully saturated rings. The van der Waals surface area contributed by atoms with E-state index >= 15 is 4.39 Å². The number of piperidine rings is 1. The van der Waals surface area contributed by atoms with Gasteiger partial charge in [-0.05, 0) is 66.9 Å². The number of amides is 4. The van der Waals surface area contributed by atoms with Gasteiger partial charge in [0.15, 0.2) is 11.4 Å². The number of rotatable bonds is 9. The molecule has 2 aliphatic rings. The number of carbonyl (C=O) groups is 4. The lowest BCUT2D eigenvalue weighted by atomic mass is 9.82. The van der Waals surface area contributed by atoms with Crippen LogP contribution in [0, 0.1) is 11.6 Å². The largest absolute Gasteiger partial charge is 0.449 e. The second-order valence-corrected chi connectivity index (χ2v) is 13.4. The number of fused-ring (bicyclic) bond motifs is 2. The number of likely N-dealkylation sites (tertiary alicyclic amines) is 1. The third kappa shape index (κ3) is 8.29. The molecule has 0 saturated carbocycles. The maximum absolute atomic E-state index is 15.4. The molecule has 1 spiro atoms. The van der Waals surface area contributed by atoms with Crippen LogP contribution in [0.4, 0.5) is 29.7 Å². The minimum absolute atomic E-state index is 0.0113. The molecule has 4 amide bonds. The Bertz CT molecular complexity index is 1790. The van der Waals surface area contributed by atoms with Crippen molar-refractivity contribution >= 4 is 54.6 Å². The number of hydrogen-bond donors (Lipinski definition) is 5. The quantitative estimate of drug-likeness (QED) is 0.196. The molecule has 0 bridgehead atoms. The molecule has 17 heteroatoms. The van der Waals surface area contributed by atoms with Gasteiger partial charge in [0.2, 0.25) is 5.91 Å². The first-order chi connectivity index (χ1) is 22.7. The molecular weight excluding hydrogens is 677 g/mol. The third-order valence-electron chi connectivity index (χ3n) is 7.78. The van der Waals surface area contributed by atoms with Crippen LogP contribution in [0.3, 0.4) is 0 Å². The van der Waals surface area contributed by atoms with Crippen molar-refractivity contribution in [3.8, 4) is 0 Å². The highest BCUT2D eigenvalue weighted by molar-refractivity contribution is 7.51. The molecule has 2 atom stereocenters. The summed E-state index contributed by atoms with van der Waals surface area (Å²) in [6.07, 6.45) is -2.02. The minimum atomic E-state index is -4.34. The van der Waals surface area contributed by atoms with Gasteiger partial charge in [0.25, 0.3) is 5.91 Å². The molecule has 13 nitrogen and oxygen atoms in total. The van der Waals surface area contributed by atoms with E-state index in [-0.39, 0.29) is 53.5 Å². The second-order valence-electron chi connectivity index (χ2n) is 11.2. The van der Waals surface area contributed by atoms with Crippen LogP contribution in [0.25, 0.3) is 0 Å². The summed E-state index contributed by atoms with van der Waals surface area (Å²) in [5, 5.41) is 7.32. The molecule has 0 aliphatic carbocycles. The van der Waals surface area contributed by atoms with Crippen molar-refractivity contribution in [2.45, 2.75) is 30.9 Å². The normalized spacial score (nSPS) is 17.9. The molecule has 48 heavy (non-hydrogen) atoms. The van der Waals surface area contributed by atoms with Crippen LogP contribution in [0.5, 0.6) is 0 Å². The fraction of sp³-hybridized carbons (Fsp3) is 0.290. The Kier molecular flexibility index (Phi) is 10.3. The van der Waals surface area contributed by atoms with Gasteiger partial charge in [-0.25, -0.2) is 18.4 Å². The van der Waals surface area contributed by atoms with Crippen molar-refractivity contribution < 1.29 is 51.8 Å². The van der Waals surface area contributed by atoms with Crippen LogP contribution in [0.2, 0.25) is 5.02 Å². The van der Waals surface area contributed by atoms with Crippen LogP contribution in [0.15, 0.2) is 60.7 Å². The van der Waals surface area contributed by atoms with E-state index in [0.29, 0.717) is 12.0 Å². The Hall–Kier alpha value is -4.56. The maximum Gasteiger partial charge on any atom is 0.412 e. The zero-order valence-electron chi connectivity index (χ0n) is 25.1. The van der Waals surface area contributed by atoms with Crippen LogP contribution in [-0.2, 0) is 30.9 Å². The van der Waals surface area contributed by atoms with Gasteiger partial charge >= 0.3 is 19.8 Å². The standard InChI is InChI=1S/C31H30ClF2N4O9P/c32-22-9-10-23-25(26(22)34)31(47-30(42)37-23)11-2-12-38(17-31)28(40)24(16-18-3-1-4-20(33)15-18)36-27(39)19-5-7-21(8-6-19)35-29(41)46-13-14-48(43,44)45/h1,3-10,15,24H,2,11-14,16-17H2,(H,35,41)(H,36,39)(H,37,42)(H2,43,44,45)/t24-,31-/m0/s1. The van der Waals surface area contributed by atoms with Crippen molar-refractivity contribution in [2.75, 3.05) is 36.5 Å². The SMILES string of the molecule is O=C(Nc1ccc(C(=O)N[C@@H](Cc2cccc(F)c2)C(=O)N2CCC[C@@]3(C2)OC(=O)Nc2ccc(Cl)c(F)c23)cc1)OCCP(=O)(O)O. The number of carbonyl (C=O) groups excluding carboxylic acids is 4. The van der Waals surface area contributed by atoms with E-state index in [1.807, 2.05) is 0 Å². The second kappa shape index (κ2) is 14.3. The molecule has 0 radical (unpaired) electrons. The van der Waals surface area contributed by atoms with Gasteiger partial charge in [-0.3, -0.25) is 24.8 Å².